The average molecular weight is 241 g/mol. The van der Waals surface area contributed by atoms with Crippen LogP contribution in [-0.2, 0) is 0 Å². The number of aromatic nitrogens is 1. The second-order valence-corrected chi connectivity index (χ2v) is 3.84. The number of pyridine rings is 1. The Hall–Kier alpha value is -2.49. The fraction of sp³-hybridized carbons (Fsp3) is 0. The topological polar surface area (TPSA) is 43.1 Å². The number of nitrogens with zero attached hydrogens (tertiary/aromatic N) is 1. The highest BCUT2D eigenvalue weighted by Crippen LogP contribution is 2.21. The Labute approximate surface area is 102 Å². The van der Waals surface area contributed by atoms with E-state index in [2.05, 4.69) is 4.98 Å². The monoisotopic (exact) mass is 241 g/mol. The minimum Gasteiger partial charge on any atom is -0.437 e. The molecule has 0 radical (unpaired) electrons. The molecule has 1 aromatic carbocycles. The van der Waals surface area contributed by atoms with Crippen LogP contribution in [0.25, 0.3) is 22.4 Å². The van der Waals surface area contributed by atoms with Crippen LogP contribution in [0.15, 0.2) is 57.9 Å². The van der Waals surface area contributed by atoms with Crippen LogP contribution in [-0.4, -0.2) is 4.98 Å². The van der Waals surface area contributed by atoms with E-state index < -0.39 is 0 Å². The molecule has 0 aliphatic carbocycles. The van der Waals surface area contributed by atoms with E-state index in [1.165, 1.54) is 18.2 Å². The van der Waals surface area contributed by atoms with Crippen molar-refractivity contribution in [3.05, 3.63) is 64.7 Å². The number of rotatable bonds is 1. The molecule has 4 heteroatoms. The molecule has 2 heterocycles. The molecule has 0 aliphatic rings. The maximum Gasteiger partial charge on any atom is 0.230 e. The summed E-state index contributed by atoms with van der Waals surface area (Å²) >= 11 is 0. The molecule has 0 N–H and O–H groups in total. The van der Waals surface area contributed by atoms with E-state index in [-0.39, 0.29) is 17.0 Å². The van der Waals surface area contributed by atoms with Crippen LogP contribution in [0.2, 0.25) is 0 Å². The summed E-state index contributed by atoms with van der Waals surface area (Å²) in [7, 11) is 0. The Kier molecular flexibility index (Phi) is 2.41. The highest BCUT2D eigenvalue weighted by molar-refractivity contribution is 5.74. The molecule has 3 rings (SSSR count). The summed E-state index contributed by atoms with van der Waals surface area (Å²) in [6, 6.07) is 10.5. The molecule has 0 amide bonds. The molecule has 2 aromatic heterocycles. The molecule has 0 unspecified atom stereocenters. The summed E-state index contributed by atoms with van der Waals surface area (Å²) in [6.07, 6.45) is 1.56. The van der Waals surface area contributed by atoms with Gasteiger partial charge in [-0.05, 0) is 36.4 Å². The Balaban J connectivity index is 2.24. The normalized spacial score (nSPS) is 10.7. The zero-order valence-corrected chi connectivity index (χ0v) is 9.26. The van der Waals surface area contributed by atoms with E-state index in [9.17, 15) is 9.18 Å². The maximum absolute atomic E-state index is 12.8. The van der Waals surface area contributed by atoms with E-state index in [0.29, 0.717) is 16.7 Å². The minimum absolute atomic E-state index is 0.163. The predicted molar refractivity (Wildman–Crippen MR) is 65.7 cm³/mol. The highest BCUT2D eigenvalue weighted by atomic mass is 19.1. The molecule has 0 aliphatic heterocycles. The molecule has 88 valence electrons. The van der Waals surface area contributed by atoms with Gasteiger partial charge in [-0.1, -0.05) is 0 Å². The van der Waals surface area contributed by atoms with Gasteiger partial charge in [0.1, 0.15) is 11.6 Å². The smallest absolute Gasteiger partial charge is 0.230 e. The van der Waals surface area contributed by atoms with Gasteiger partial charge in [0, 0.05) is 17.8 Å². The van der Waals surface area contributed by atoms with Gasteiger partial charge in [0.15, 0.2) is 5.43 Å². The quantitative estimate of drug-likeness (QED) is 0.657. The molecule has 3 aromatic rings. The van der Waals surface area contributed by atoms with Gasteiger partial charge in [-0.2, -0.15) is 0 Å². The molecular formula is C14H8FNO2. The van der Waals surface area contributed by atoms with Crippen molar-refractivity contribution < 1.29 is 8.81 Å². The van der Waals surface area contributed by atoms with Gasteiger partial charge in [0.2, 0.25) is 5.71 Å². The summed E-state index contributed by atoms with van der Waals surface area (Å²) in [6.45, 7) is 0. The van der Waals surface area contributed by atoms with E-state index >= 15 is 0 Å². The van der Waals surface area contributed by atoms with Crippen LogP contribution in [0.4, 0.5) is 4.39 Å². The molecule has 0 atom stereocenters. The number of benzene rings is 1. The molecule has 0 saturated carbocycles. The van der Waals surface area contributed by atoms with Crippen molar-refractivity contribution in [1.82, 2.24) is 4.98 Å². The van der Waals surface area contributed by atoms with E-state index in [4.69, 9.17) is 4.42 Å². The van der Waals surface area contributed by atoms with Crippen molar-refractivity contribution >= 4 is 11.1 Å². The maximum atomic E-state index is 12.8. The van der Waals surface area contributed by atoms with Crippen molar-refractivity contribution in [3.8, 4) is 11.3 Å². The minimum atomic E-state index is -0.333. The number of fused-ring (bicyclic) bond motifs is 1. The Bertz CT molecular complexity index is 763. The number of hydrogen-bond acceptors (Lipinski definition) is 3. The predicted octanol–water partition coefficient (Wildman–Crippen LogP) is 2.99. The lowest BCUT2D eigenvalue weighted by Gasteiger charge is -2.01. The van der Waals surface area contributed by atoms with Crippen LogP contribution in [0.3, 0.4) is 0 Å². The third kappa shape index (κ3) is 1.78. The summed E-state index contributed by atoms with van der Waals surface area (Å²) < 4.78 is 18.4. The first kappa shape index (κ1) is 10.7. The summed E-state index contributed by atoms with van der Waals surface area (Å²) in [4.78, 5) is 15.9. The van der Waals surface area contributed by atoms with Gasteiger partial charge in [-0.25, -0.2) is 9.37 Å². The van der Waals surface area contributed by atoms with Crippen LogP contribution in [0.1, 0.15) is 0 Å². The van der Waals surface area contributed by atoms with Gasteiger partial charge in [-0.3, -0.25) is 4.79 Å². The van der Waals surface area contributed by atoms with Gasteiger partial charge in [-0.15, -0.1) is 0 Å². The fourth-order valence-electron chi connectivity index (χ4n) is 1.75. The van der Waals surface area contributed by atoms with Crippen LogP contribution in [0, 0.1) is 5.82 Å². The first-order valence-electron chi connectivity index (χ1n) is 5.39. The third-order valence-electron chi connectivity index (χ3n) is 2.63. The zero-order chi connectivity index (χ0) is 12.5. The summed E-state index contributed by atoms with van der Waals surface area (Å²) in [5.74, 6) is 0.0474. The van der Waals surface area contributed by atoms with Crippen molar-refractivity contribution in [1.29, 1.82) is 0 Å². The third-order valence-corrected chi connectivity index (χ3v) is 2.63. The van der Waals surface area contributed by atoms with Crippen molar-refractivity contribution in [2.24, 2.45) is 0 Å². The first-order chi connectivity index (χ1) is 8.74. The van der Waals surface area contributed by atoms with Gasteiger partial charge in [0.25, 0.3) is 0 Å². The van der Waals surface area contributed by atoms with E-state index in [0.717, 1.165) is 0 Å². The first-order valence-corrected chi connectivity index (χ1v) is 5.39. The lowest BCUT2D eigenvalue weighted by molar-refractivity contribution is 0.604. The van der Waals surface area contributed by atoms with Crippen LogP contribution >= 0.6 is 0 Å². The van der Waals surface area contributed by atoms with Gasteiger partial charge >= 0.3 is 0 Å². The zero-order valence-electron chi connectivity index (χ0n) is 9.26. The highest BCUT2D eigenvalue weighted by Gasteiger charge is 2.07. The standard InChI is InChI=1S/C14H8FNO2/c15-10-5-3-9(4-6-10)13-8-12(17)11-2-1-7-16-14(11)18-13/h1-8H. The largest absolute Gasteiger partial charge is 0.437 e. The Morgan fingerprint density at radius 1 is 1.11 bits per heavy atom. The van der Waals surface area contributed by atoms with Crippen molar-refractivity contribution in [3.63, 3.8) is 0 Å². The molecule has 0 fully saturated rings. The van der Waals surface area contributed by atoms with Gasteiger partial charge < -0.3 is 4.42 Å². The van der Waals surface area contributed by atoms with E-state index in [1.807, 2.05) is 0 Å². The summed E-state index contributed by atoms with van der Waals surface area (Å²) in [5, 5.41) is 0.434. The molecule has 0 saturated heterocycles. The average Bonchev–Trinajstić information content (AvgIpc) is 2.39. The second-order valence-electron chi connectivity index (χ2n) is 3.84. The van der Waals surface area contributed by atoms with Crippen molar-refractivity contribution in [2.45, 2.75) is 0 Å². The molecular weight excluding hydrogens is 233 g/mol. The van der Waals surface area contributed by atoms with Gasteiger partial charge in [0.05, 0.1) is 5.39 Å². The second kappa shape index (κ2) is 4.07. The van der Waals surface area contributed by atoms with Crippen molar-refractivity contribution in [2.75, 3.05) is 0 Å². The molecule has 18 heavy (non-hydrogen) atoms. The number of hydrogen-bond donors (Lipinski definition) is 0. The number of halogens is 1. The summed E-state index contributed by atoms with van der Waals surface area (Å²) in [5.41, 5.74) is 0.758. The Morgan fingerprint density at radius 3 is 2.67 bits per heavy atom. The molecule has 0 bridgehead atoms. The lowest BCUT2D eigenvalue weighted by Crippen LogP contribution is -2.00. The molecule has 0 spiro atoms. The SMILES string of the molecule is O=c1cc(-c2ccc(F)cc2)oc2ncccc12. The van der Waals surface area contributed by atoms with E-state index in [1.54, 1.807) is 30.5 Å². The lowest BCUT2D eigenvalue weighted by atomic mass is 10.1. The Morgan fingerprint density at radius 2 is 1.89 bits per heavy atom. The fourth-order valence-corrected chi connectivity index (χ4v) is 1.75. The van der Waals surface area contributed by atoms with Crippen LogP contribution in [0.5, 0.6) is 0 Å². The van der Waals surface area contributed by atoms with Crippen LogP contribution < -0.4 is 5.43 Å². The molecule has 3 nitrogen and oxygen atoms in total.